The highest BCUT2D eigenvalue weighted by molar-refractivity contribution is 7.98. The van der Waals surface area contributed by atoms with Crippen molar-refractivity contribution >= 4 is 35.2 Å². The van der Waals surface area contributed by atoms with Gasteiger partial charge in [-0.2, -0.15) is 11.8 Å². The van der Waals surface area contributed by atoms with Crippen LogP contribution in [0.1, 0.15) is 29.6 Å². The maximum atomic E-state index is 12.3. The molecule has 0 bridgehead atoms. The van der Waals surface area contributed by atoms with E-state index in [9.17, 15) is 9.59 Å². The molecule has 2 amide bonds. The summed E-state index contributed by atoms with van der Waals surface area (Å²) in [4.78, 5) is 24.4. The van der Waals surface area contributed by atoms with E-state index < -0.39 is 6.04 Å². The topological polar surface area (TPSA) is 58.2 Å². The number of benzene rings is 1. The Labute approximate surface area is 134 Å². The fourth-order valence-corrected chi connectivity index (χ4v) is 2.61. The standard InChI is InChI=1S/C15H19ClN2O2S/c1-21-9-8-13(15(20)17-10-6-7-10)18-14(19)11-4-2-3-5-12(11)16/h2-5,10,13H,6-9H2,1H3,(H,17,20)(H,18,19)/t13-/m1/s1. The van der Waals surface area contributed by atoms with E-state index in [0.717, 1.165) is 18.6 Å². The van der Waals surface area contributed by atoms with Crippen LogP contribution in [0, 0.1) is 0 Å². The summed E-state index contributed by atoms with van der Waals surface area (Å²) < 4.78 is 0. The van der Waals surface area contributed by atoms with Gasteiger partial charge in [-0.05, 0) is 43.4 Å². The van der Waals surface area contributed by atoms with Gasteiger partial charge in [-0.3, -0.25) is 9.59 Å². The molecule has 4 nitrogen and oxygen atoms in total. The molecular formula is C15H19ClN2O2S. The van der Waals surface area contributed by atoms with Crippen molar-refractivity contribution in [2.75, 3.05) is 12.0 Å². The molecule has 2 rings (SSSR count). The van der Waals surface area contributed by atoms with Gasteiger partial charge in [0.05, 0.1) is 10.6 Å². The second kappa shape index (κ2) is 7.71. The molecule has 21 heavy (non-hydrogen) atoms. The van der Waals surface area contributed by atoms with E-state index in [-0.39, 0.29) is 17.9 Å². The van der Waals surface area contributed by atoms with Crippen LogP contribution in [0.4, 0.5) is 0 Å². The average molecular weight is 327 g/mol. The Morgan fingerprint density at radius 1 is 1.38 bits per heavy atom. The Hall–Kier alpha value is -1.20. The van der Waals surface area contributed by atoms with Crippen molar-refractivity contribution in [3.05, 3.63) is 34.9 Å². The first kappa shape index (κ1) is 16.2. The summed E-state index contributed by atoms with van der Waals surface area (Å²) in [6.45, 7) is 0. The van der Waals surface area contributed by atoms with E-state index >= 15 is 0 Å². The zero-order valence-electron chi connectivity index (χ0n) is 11.9. The SMILES string of the molecule is CSCC[C@@H](NC(=O)c1ccccc1Cl)C(=O)NC1CC1. The number of halogens is 1. The summed E-state index contributed by atoms with van der Waals surface area (Å²) in [5.74, 6) is 0.399. The molecule has 1 aromatic rings. The van der Waals surface area contributed by atoms with Crippen LogP contribution >= 0.6 is 23.4 Å². The van der Waals surface area contributed by atoms with Gasteiger partial charge in [-0.1, -0.05) is 23.7 Å². The maximum absolute atomic E-state index is 12.3. The molecule has 0 radical (unpaired) electrons. The highest BCUT2D eigenvalue weighted by Gasteiger charge is 2.28. The van der Waals surface area contributed by atoms with Gasteiger partial charge in [-0.15, -0.1) is 0 Å². The molecule has 114 valence electrons. The van der Waals surface area contributed by atoms with Crippen molar-refractivity contribution in [3.63, 3.8) is 0 Å². The van der Waals surface area contributed by atoms with Gasteiger partial charge >= 0.3 is 0 Å². The van der Waals surface area contributed by atoms with Crippen molar-refractivity contribution < 1.29 is 9.59 Å². The summed E-state index contributed by atoms with van der Waals surface area (Å²) in [5.41, 5.74) is 0.396. The predicted molar refractivity (Wildman–Crippen MR) is 86.9 cm³/mol. The van der Waals surface area contributed by atoms with E-state index in [2.05, 4.69) is 10.6 Å². The monoisotopic (exact) mass is 326 g/mol. The number of amides is 2. The molecule has 0 heterocycles. The Balaban J connectivity index is 2.01. The summed E-state index contributed by atoms with van der Waals surface area (Å²) in [6, 6.07) is 6.61. The molecular weight excluding hydrogens is 308 g/mol. The van der Waals surface area contributed by atoms with E-state index in [0.29, 0.717) is 17.0 Å². The van der Waals surface area contributed by atoms with Crippen LogP contribution in [-0.2, 0) is 4.79 Å². The number of hydrogen-bond donors (Lipinski definition) is 2. The predicted octanol–water partition coefficient (Wildman–Crippen LogP) is 2.47. The lowest BCUT2D eigenvalue weighted by atomic mass is 10.1. The molecule has 0 saturated heterocycles. The lowest BCUT2D eigenvalue weighted by molar-refractivity contribution is -0.123. The number of carbonyl (C=O) groups excluding carboxylic acids is 2. The summed E-state index contributed by atoms with van der Waals surface area (Å²) in [6.07, 6.45) is 4.64. The van der Waals surface area contributed by atoms with Gasteiger partial charge in [0.25, 0.3) is 5.91 Å². The second-order valence-corrected chi connectivity index (χ2v) is 6.46. The molecule has 1 aliphatic rings. The van der Waals surface area contributed by atoms with E-state index in [1.165, 1.54) is 0 Å². The summed E-state index contributed by atoms with van der Waals surface area (Å²) in [5, 5.41) is 6.12. The number of carbonyl (C=O) groups is 2. The second-order valence-electron chi connectivity index (χ2n) is 5.07. The van der Waals surface area contributed by atoms with Crippen molar-refractivity contribution in [1.82, 2.24) is 10.6 Å². The third kappa shape index (κ3) is 4.93. The molecule has 6 heteroatoms. The molecule has 0 aliphatic heterocycles. The van der Waals surface area contributed by atoms with Gasteiger partial charge in [0.1, 0.15) is 6.04 Å². The molecule has 1 fully saturated rings. The molecule has 1 aromatic carbocycles. The van der Waals surface area contributed by atoms with Gasteiger partial charge in [0.2, 0.25) is 5.91 Å². The van der Waals surface area contributed by atoms with Crippen LogP contribution in [0.25, 0.3) is 0 Å². The lowest BCUT2D eigenvalue weighted by Crippen LogP contribution is -2.47. The Bertz CT molecular complexity index is 520. The Kier molecular flexibility index (Phi) is 5.94. The third-order valence-corrected chi connectivity index (χ3v) is 4.25. The van der Waals surface area contributed by atoms with Crippen LogP contribution in [0.2, 0.25) is 5.02 Å². The Morgan fingerprint density at radius 3 is 2.71 bits per heavy atom. The van der Waals surface area contributed by atoms with Crippen LogP contribution in [0.5, 0.6) is 0 Å². The largest absolute Gasteiger partial charge is 0.352 e. The Morgan fingerprint density at radius 2 is 2.10 bits per heavy atom. The van der Waals surface area contributed by atoms with Crippen molar-refractivity contribution in [2.45, 2.75) is 31.3 Å². The number of hydrogen-bond acceptors (Lipinski definition) is 3. The van der Waals surface area contributed by atoms with Gasteiger partial charge in [-0.25, -0.2) is 0 Å². The molecule has 1 atom stereocenters. The quantitative estimate of drug-likeness (QED) is 0.809. The highest BCUT2D eigenvalue weighted by Crippen LogP contribution is 2.19. The number of rotatable bonds is 7. The normalized spacial score (nSPS) is 15.3. The minimum absolute atomic E-state index is 0.105. The average Bonchev–Trinajstić information content (AvgIpc) is 3.27. The van der Waals surface area contributed by atoms with Crippen LogP contribution < -0.4 is 10.6 Å². The fourth-order valence-electron chi connectivity index (χ4n) is 1.92. The molecule has 2 N–H and O–H groups in total. The first-order valence-corrected chi connectivity index (χ1v) is 8.73. The van der Waals surface area contributed by atoms with E-state index in [1.54, 1.807) is 36.0 Å². The number of thioether (sulfide) groups is 1. The van der Waals surface area contributed by atoms with Crippen LogP contribution in [-0.4, -0.2) is 35.9 Å². The lowest BCUT2D eigenvalue weighted by Gasteiger charge is -2.18. The zero-order valence-corrected chi connectivity index (χ0v) is 13.5. The molecule has 0 spiro atoms. The first-order chi connectivity index (χ1) is 10.1. The van der Waals surface area contributed by atoms with Gasteiger partial charge in [0.15, 0.2) is 0 Å². The smallest absolute Gasteiger partial charge is 0.253 e. The van der Waals surface area contributed by atoms with Crippen LogP contribution in [0.15, 0.2) is 24.3 Å². The summed E-state index contributed by atoms with van der Waals surface area (Å²) >= 11 is 7.67. The molecule has 0 aromatic heterocycles. The highest BCUT2D eigenvalue weighted by atomic mass is 35.5. The molecule has 1 aliphatic carbocycles. The first-order valence-electron chi connectivity index (χ1n) is 6.96. The zero-order chi connectivity index (χ0) is 15.2. The fraction of sp³-hybridized carbons (Fsp3) is 0.467. The van der Waals surface area contributed by atoms with E-state index in [1.807, 2.05) is 6.26 Å². The van der Waals surface area contributed by atoms with Crippen LogP contribution in [0.3, 0.4) is 0 Å². The molecule has 1 saturated carbocycles. The minimum atomic E-state index is -0.512. The van der Waals surface area contributed by atoms with Gasteiger partial charge in [0, 0.05) is 6.04 Å². The van der Waals surface area contributed by atoms with Gasteiger partial charge < -0.3 is 10.6 Å². The van der Waals surface area contributed by atoms with Crippen molar-refractivity contribution in [3.8, 4) is 0 Å². The summed E-state index contributed by atoms with van der Waals surface area (Å²) in [7, 11) is 0. The van der Waals surface area contributed by atoms with E-state index in [4.69, 9.17) is 11.6 Å². The minimum Gasteiger partial charge on any atom is -0.352 e. The molecule has 0 unspecified atom stereocenters. The van der Waals surface area contributed by atoms with Crippen molar-refractivity contribution in [1.29, 1.82) is 0 Å². The maximum Gasteiger partial charge on any atom is 0.253 e. The van der Waals surface area contributed by atoms with Crippen molar-refractivity contribution in [2.24, 2.45) is 0 Å². The number of nitrogens with one attached hydrogen (secondary N) is 2. The third-order valence-electron chi connectivity index (χ3n) is 3.27.